The van der Waals surface area contributed by atoms with Crippen LogP contribution < -0.4 is 10.2 Å². The van der Waals surface area contributed by atoms with Crippen LogP contribution in [0.15, 0.2) is 18.2 Å². The Bertz CT molecular complexity index is 405. The standard InChI is InChI=1S/C15H23ClN2O/c1-3-18(11-14-5-4-8-19-14)15-9-13(16)7-6-12(15)10-17-2/h6-7,9,14,17H,3-5,8,10-11H2,1-2H3. The molecule has 0 aliphatic carbocycles. The molecule has 0 spiro atoms. The lowest BCUT2D eigenvalue weighted by atomic mass is 10.1. The van der Waals surface area contributed by atoms with E-state index in [1.165, 1.54) is 24.1 Å². The van der Waals surface area contributed by atoms with E-state index >= 15 is 0 Å². The third-order valence-corrected chi connectivity index (χ3v) is 3.82. The molecule has 1 unspecified atom stereocenters. The van der Waals surface area contributed by atoms with Gasteiger partial charge in [-0.05, 0) is 44.5 Å². The van der Waals surface area contributed by atoms with Gasteiger partial charge in [-0.3, -0.25) is 0 Å². The Hall–Kier alpha value is -0.770. The second kappa shape index (κ2) is 7.13. The number of nitrogens with zero attached hydrogens (tertiary/aromatic N) is 1. The molecule has 1 aromatic rings. The Kier molecular flexibility index (Phi) is 5.49. The third kappa shape index (κ3) is 3.85. The van der Waals surface area contributed by atoms with Crippen LogP contribution in [0.4, 0.5) is 5.69 Å². The number of rotatable bonds is 6. The molecule has 0 radical (unpaired) electrons. The minimum atomic E-state index is 0.362. The van der Waals surface area contributed by atoms with Crippen LogP contribution in [-0.4, -0.2) is 32.8 Å². The zero-order chi connectivity index (χ0) is 13.7. The van der Waals surface area contributed by atoms with Crippen molar-refractivity contribution in [3.63, 3.8) is 0 Å². The van der Waals surface area contributed by atoms with Crippen LogP contribution in [-0.2, 0) is 11.3 Å². The molecule has 19 heavy (non-hydrogen) atoms. The van der Waals surface area contributed by atoms with Gasteiger partial charge in [0.25, 0.3) is 0 Å². The Morgan fingerprint density at radius 3 is 2.95 bits per heavy atom. The first-order valence-corrected chi connectivity index (χ1v) is 7.42. The maximum absolute atomic E-state index is 6.16. The van der Waals surface area contributed by atoms with Crippen LogP contribution >= 0.6 is 11.6 Å². The molecule has 0 bridgehead atoms. The van der Waals surface area contributed by atoms with E-state index in [1.54, 1.807) is 0 Å². The summed E-state index contributed by atoms with van der Waals surface area (Å²) in [4.78, 5) is 2.37. The molecular weight excluding hydrogens is 260 g/mol. The molecule has 0 aromatic heterocycles. The first-order chi connectivity index (χ1) is 9.24. The third-order valence-electron chi connectivity index (χ3n) is 3.58. The van der Waals surface area contributed by atoms with Crippen molar-refractivity contribution in [1.29, 1.82) is 0 Å². The number of likely N-dealkylation sites (N-methyl/N-ethyl adjacent to an activating group) is 1. The average molecular weight is 283 g/mol. The number of benzene rings is 1. The Labute approximate surface area is 120 Å². The van der Waals surface area contributed by atoms with Gasteiger partial charge in [-0.1, -0.05) is 17.7 Å². The Morgan fingerprint density at radius 2 is 2.32 bits per heavy atom. The van der Waals surface area contributed by atoms with Crippen molar-refractivity contribution >= 4 is 17.3 Å². The molecule has 106 valence electrons. The summed E-state index contributed by atoms with van der Waals surface area (Å²) in [5.41, 5.74) is 2.51. The van der Waals surface area contributed by atoms with Crippen LogP contribution in [0.5, 0.6) is 0 Å². The predicted molar refractivity (Wildman–Crippen MR) is 81.1 cm³/mol. The minimum absolute atomic E-state index is 0.362. The van der Waals surface area contributed by atoms with Crippen molar-refractivity contribution in [3.05, 3.63) is 28.8 Å². The quantitative estimate of drug-likeness (QED) is 0.868. The van der Waals surface area contributed by atoms with Crippen LogP contribution in [0.1, 0.15) is 25.3 Å². The average Bonchev–Trinajstić information content (AvgIpc) is 2.91. The molecule has 1 saturated heterocycles. The summed E-state index contributed by atoms with van der Waals surface area (Å²) >= 11 is 6.16. The SMILES string of the molecule is CCN(CC1CCCO1)c1cc(Cl)ccc1CNC. The molecule has 3 nitrogen and oxygen atoms in total. The summed E-state index contributed by atoms with van der Waals surface area (Å²) < 4.78 is 5.75. The maximum Gasteiger partial charge on any atom is 0.0750 e. The number of hydrogen-bond acceptors (Lipinski definition) is 3. The number of hydrogen-bond donors (Lipinski definition) is 1. The number of nitrogens with one attached hydrogen (secondary N) is 1. The molecule has 1 atom stereocenters. The summed E-state index contributed by atoms with van der Waals surface area (Å²) in [6.07, 6.45) is 2.71. The monoisotopic (exact) mass is 282 g/mol. The topological polar surface area (TPSA) is 24.5 Å². The van der Waals surface area contributed by atoms with Gasteiger partial charge in [-0.2, -0.15) is 0 Å². The highest BCUT2D eigenvalue weighted by Crippen LogP contribution is 2.26. The van der Waals surface area contributed by atoms with E-state index in [9.17, 15) is 0 Å². The van der Waals surface area contributed by atoms with Gasteiger partial charge in [0.1, 0.15) is 0 Å². The fourth-order valence-electron chi connectivity index (χ4n) is 2.60. The molecule has 1 fully saturated rings. The molecule has 0 amide bonds. The Morgan fingerprint density at radius 1 is 1.47 bits per heavy atom. The van der Waals surface area contributed by atoms with Crippen molar-refractivity contribution in [3.8, 4) is 0 Å². The van der Waals surface area contributed by atoms with Gasteiger partial charge < -0.3 is 15.0 Å². The molecule has 4 heteroatoms. The first-order valence-electron chi connectivity index (χ1n) is 7.04. The molecule has 1 N–H and O–H groups in total. The van der Waals surface area contributed by atoms with Gasteiger partial charge in [-0.25, -0.2) is 0 Å². The van der Waals surface area contributed by atoms with E-state index in [2.05, 4.69) is 29.3 Å². The summed E-state index contributed by atoms with van der Waals surface area (Å²) in [5.74, 6) is 0. The lowest BCUT2D eigenvalue weighted by Gasteiger charge is -2.28. The largest absolute Gasteiger partial charge is 0.376 e. The van der Waals surface area contributed by atoms with E-state index in [0.717, 1.165) is 31.3 Å². The van der Waals surface area contributed by atoms with Crippen molar-refractivity contribution in [2.24, 2.45) is 0 Å². The van der Waals surface area contributed by atoms with E-state index in [4.69, 9.17) is 16.3 Å². The number of anilines is 1. The molecule has 2 rings (SSSR count). The van der Waals surface area contributed by atoms with Gasteiger partial charge in [0.05, 0.1) is 6.10 Å². The van der Waals surface area contributed by atoms with Crippen LogP contribution in [0, 0.1) is 0 Å². The van der Waals surface area contributed by atoms with Crippen molar-refractivity contribution in [2.75, 3.05) is 31.6 Å². The molecule has 0 saturated carbocycles. The highest BCUT2D eigenvalue weighted by Gasteiger charge is 2.20. The van der Waals surface area contributed by atoms with E-state index in [-0.39, 0.29) is 0 Å². The Balaban J connectivity index is 2.17. The van der Waals surface area contributed by atoms with Gasteiger partial charge in [-0.15, -0.1) is 0 Å². The normalized spacial score (nSPS) is 18.8. The lowest BCUT2D eigenvalue weighted by molar-refractivity contribution is 0.115. The van der Waals surface area contributed by atoms with E-state index in [0.29, 0.717) is 6.10 Å². The van der Waals surface area contributed by atoms with Crippen LogP contribution in [0.25, 0.3) is 0 Å². The van der Waals surface area contributed by atoms with Gasteiger partial charge in [0, 0.05) is 37.0 Å². The lowest BCUT2D eigenvalue weighted by Crippen LogP contribution is -2.33. The van der Waals surface area contributed by atoms with Crippen molar-refractivity contribution in [1.82, 2.24) is 5.32 Å². The van der Waals surface area contributed by atoms with Gasteiger partial charge >= 0.3 is 0 Å². The van der Waals surface area contributed by atoms with Crippen molar-refractivity contribution in [2.45, 2.75) is 32.4 Å². The summed E-state index contributed by atoms with van der Waals surface area (Å²) in [6, 6.07) is 6.12. The number of halogens is 1. The summed E-state index contributed by atoms with van der Waals surface area (Å²) in [7, 11) is 1.97. The highest BCUT2D eigenvalue weighted by molar-refractivity contribution is 6.30. The second-order valence-electron chi connectivity index (χ2n) is 4.98. The molecule has 1 aliphatic rings. The fraction of sp³-hybridized carbons (Fsp3) is 0.600. The molecular formula is C15H23ClN2O. The minimum Gasteiger partial charge on any atom is -0.376 e. The number of ether oxygens (including phenoxy) is 1. The molecule has 1 heterocycles. The van der Waals surface area contributed by atoms with E-state index < -0.39 is 0 Å². The smallest absolute Gasteiger partial charge is 0.0750 e. The second-order valence-corrected chi connectivity index (χ2v) is 5.41. The molecule has 1 aliphatic heterocycles. The fourth-order valence-corrected chi connectivity index (χ4v) is 2.77. The summed E-state index contributed by atoms with van der Waals surface area (Å²) in [6.45, 7) is 5.86. The van der Waals surface area contributed by atoms with Gasteiger partial charge in [0.15, 0.2) is 0 Å². The van der Waals surface area contributed by atoms with Crippen LogP contribution in [0.2, 0.25) is 5.02 Å². The van der Waals surface area contributed by atoms with Crippen molar-refractivity contribution < 1.29 is 4.74 Å². The first kappa shape index (κ1) is 14.6. The van der Waals surface area contributed by atoms with Crippen LogP contribution in [0.3, 0.4) is 0 Å². The maximum atomic E-state index is 6.16. The zero-order valence-electron chi connectivity index (χ0n) is 11.8. The summed E-state index contributed by atoms with van der Waals surface area (Å²) in [5, 5.41) is 4.01. The molecule has 1 aromatic carbocycles. The predicted octanol–water partition coefficient (Wildman–Crippen LogP) is 3.06. The van der Waals surface area contributed by atoms with E-state index in [1.807, 2.05) is 13.1 Å². The zero-order valence-corrected chi connectivity index (χ0v) is 12.5. The van der Waals surface area contributed by atoms with Gasteiger partial charge in [0.2, 0.25) is 0 Å². The highest BCUT2D eigenvalue weighted by atomic mass is 35.5.